The molecule has 3 aromatic rings. The van der Waals surface area contributed by atoms with Crippen molar-refractivity contribution in [3.05, 3.63) is 40.6 Å². The van der Waals surface area contributed by atoms with E-state index in [1.54, 1.807) is 20.1 Å². The van der Waals surface area contributed by atoms with Crippen molar-refractivity contribution < 1.29 is 18.7 Å². The third-order valence-electron chi connectivity index (χ3n) is 4.86. The Morgan fingerprint density at radius 3 is 2.62 bits per heavy atom. The second-order valence-corrected chi connectivity index (χ2v) is 7.99. The number of aromatic amines is 1. The van der Waals surface area contributed by atoms with Crippen molar-refractivity contribution in [2.24, 2.45) is 0 Å². The van der Waals surface area contributed by atoms with E-state index in [0.717, 1.165) is 11.3 Å². The molecule has 0 radical (unpaired) electrons. The highest BCUT2D eigenvalue weighted by molar-refractivity contribution is 8.00. The average molecular weight is 417 g/mol. The summed E-state index contributed by atoms with van der Waals surface area (Å²) in [5.74, 6) is 0.903. The van der Waals surface area contributed by atoms with Crippen LogP contribution in [0.3, 0.4) is 0 Å². The van der Waals surface area contributed by atoms with Gasteiger partial charge in [0.2, 0.25) is 0 Å². The minimum absolute atomic E-state index is 0.113. The largest absolute Gasteiger partial charge is 0.469 e. The van der Waals surface area contributed by atoms with Gasteiger partial charge in [-0.1, -0.05) is 11.8 Å². The number of hydrogen-bond acceptors (Lipinski definition) is 7. The molecule has 29 heavy (non-hydrogen) atoms. The summed E-state index contributed by atoms with van der Waals surface area (Å²) >= 11 is 1.33. The Kier molecular flexibility index (Phi) is 5.97. The summed E-state index contributed by atoms with van der Waals surface area (Å²) in [5.41, 5.74) is 2.91. The van der Waals surface area contributed by atoms with E-state index in [2.05, 4.69) is 15.2 Å². The fourth-order valence-corrected chi connectivity index (χ4v) is 4.27. The van der Waals surface area contributed by atoms with E-state index in [9.17, 15) is 9.59 Å². The van der Waals surface area contributed by atoms with E-state index in [-0.39, 0.29) is 5.78 Å². The molecule has 3 aromatic heterocycles. The Labute approximate surface area is 173 Å². The summed E-state index contributed by atoms with van der Waals surface area (Å²) < 4.78 is 12.2. The van der Waals surface area contributed by atoms with Gasteiger partial charge in [-0.25, -0.2) is 4.79 Å². The zero-order valence-corrected chi connectivity index (χ0v) is 18.1. The molecule has 9 heteroatoms. The van der Waals surface area contributed by atoms with Gasteiger partial charge in [0.1, 0.15) is 5.76 Å². The van der Waals surface area contributed by atoms with Crippen LogP contribution in [0.25, 0.3) is 11.4 Å². The number of hydrogen-bond donors (Lipinski definition) is 1. The smallest absolute Gasteiger partial charge is 0.339 e. The summed E-state index contributed by atoms with van der Waals surface area (Å²) in [6.45, 7) is 9.84. The number of carbonyl (C=O) groups is 2. The Morgan fingerprint density at radius 2 is 2.03 bits per heavy atom. The molecule has 0 aromatic carbocycles. The van der Waals surface area contributed by atoms with Crippen LogP contribution in [0, 0.1) is 20.8 Å². The second kappa shape index (κ2) is 8.28. The van der Waals surface area contributed by atoms with Crippen LogP contribution in [-0.4, -0.2) is 43.9 Å². The van der Waals surface area contributed by atoms with Crippen LogP contribution in [-0.2, 0) is 11.3 Å². The molecule has 1 N–H and O–H groups in total. The number of thioether (sulfide) groups is 1. The summed E-state index contributed by atoms with van der Waals surface area (Å²) in [6.07, 6.45) is 1.62. The van der Waals surface area contributed by atoms with Crippen molar-refractivity contribution in [2.75, 3.05) is 7.11 Å². The molecular weight excluding hydrogens is 392 g/mol. The number of Topliss-reactive ketones (excluding diaryl/α,β-unsaturated/α-hetero) is 1. The highest BCUT2D eigenvalue weighted by Gasteiger charge is 2.27. The maximum atomic E-state index is 13.1. The minimum Gasteiger partial charge on any atom is -0.469 e. The Hall–Kier alpha value is -2.81. The standard InChI is InChI=1S/C20H24N4O4S/c1-7-24-18(14-8-9-28-12(14)4)22-23-20(24)29-13(5)17(25)16-10(2)15(11(3)21-16)19(26)27-6/h8-9,13,21H,7H2,1-6H3/t13-/m0/s1. The number of aromatic nitrogens is 4. The normalized spacial score (nSPS) is 12.2. The lowest BCUT2D eigenvalue weighted by atomic mass is 10.1. The fourth-order valence-electron chi connectivity index (χ4n) is 3.30. The van der Waals surface area contributed by atoms with Crippen LogP contribution >= 0.6 is 11.8 Å². The van der Waals surface area contributed by atoms with Gasteiger partial charge in [-0.2, -0.15) is 0 Å². The van der Waals surface area contributed by atoms with Crippen molar-refractivity contribution in [3.8, 4) is 11.4 Å². The summed E-state index contributed by atoms with van der Waals surface area (Å²) in [7, 11) is 1.32. The van der Waals surface area contributed by atoms with Crippen LogP contribution in [0.2, 0.25) is 0 Å². The average Bonchev–Trinajstić information content (AvgIpc) is 3.37. The maximum Gasteiger partial charge on any atom is 0.339 e. The molecule has 3 rings (SSSR count). The molecule has 0 aliphatic carbocycles. The SMILES string of the molecule is CCn1c(S[C@@H](C)C(=O)c2[nH]c(C)c(C(=O)OC)c2C)nnc1-c1ccoc1C. The van der Waals surface area contributed by atoms with Crippen molar-refractivity contribution in [3.63, 3.8) is 0 Å². The van der Waals surface area contributed by atoms with Crippen molar-refractivity contribution >= 4 is 23.5 Å². The third-order valence-corrected chi connectivity index (χ3v) is 5.94. The molecule has 0 saturated heterocycles. The molecule has 3 heterocycles. The van der Waals surface area contributed by atoms with Crippen molar-refractivity contribution in [2.45, 2.75) is 51.6 Å². The number of ketones is 1. The summed E-state index contributed by atoms with van der Waals surface area (Å²) in [5, 5.41) is 8.81. The van der Waals surface area contributed by atoms with E-state index < -0.39 is 11.2 Å². The van der Waals surface area contributed by atoms with Crippen LogP contribution in [0.15, 0.2) is 21.9 Å². The van der Waals surface area contributed by atoms with Crippen LogP contribution in [0.5, 0.6) is 0 Å². The lowest BCUT2D eigenvalue weighted by molar-refractivity contribution is 0.0599. The van der Waals surface area contributed by atoms with Gasteiger partial charge < -0.3 is 18.7 Å². The second-order valence-electron chi connectivity index (χ2n) is 6.68. The molecule has 154 valence electrons. The Bertz CT molecular complexity index is 1060. The van der Waals surface area contributed by atoms with Crippen LogP contribution in [0.4, 0.5) is 0 Å². The molecule has 0 saturated carbocycles. The zero-order valence-electron chi connectivity index (χ0n) is 17.3. The molecule has 0 spiro atoms. The van der Waals surface area contributed by atoms with Gasteiger partial charge in [0.25, 0.3) is 0 Å². The number of aryl methyl sites for hydroxylation is 2. The van der Waals surface area contributed by atoms with E-state index >= 15 is 0 Å². The zero-order chi connectivity index (χ0) is 21.3. The molecule has 0 aliphatic rings. The van der Waals surface area contributed by atoms with Gasteiger partial charge >= 0.3 is 5.97 Å². The van der Waals surface area contributed by atoms with Gasteiger partial charge in [0, 0.05) is 12.2 Å². The topological polar surface area (TPSA) is 103 Å². The van der Waals surface area contributed by atoms with Crippen molar-refractivity contribution in [1.29, 1.82) is 0 Å². The lowest BCUT2D eigenvalue weighted by Crippen LogP contribution is -2.16. The first-order valence-corrected chi connectivity index (χ1v) is 10.1. The molecule has 0 amide bonds. The molecule has 8 nitrogen and oxygen atoms in total. The Balaban J connectivity index is 1.87. The van der Waals surface area contributed by atoms with Crippen LogP contribution in [0.1, 0.15) is 51.7 Å². The van der Waals surface area contributed by atoms with E-state index in [1.807, 2.05) is 31.4 Å². The van der Waals surface area contributed by atoms with E-state index in [0.29, 0.717) is 40.0 Å². The van der Waals surface area contributed by atoms with E-state index in [4.69, 9.17) is 9.15 Å². The number of esters is 1. The maximum absolute atomic E-state index is 13.1. The van der Waals surface area contributed by atoms with Gasteiger partial charge in [0.15, 0.2) is 16.8 Å². The first kappa shape index (κ1) is 20.9. The molecule has 0 bridgehead atoms. The molecule has 0 unspecified atom stereocenters. The lowest BCUT2D eigenvalue weighted by Gasteiger charge is -2.11. The number of nitrogens with zero attached hydrogens (tertiary/aromatic N) is 3. The number of ether oxygens (including phenoxy) is 1. The quantitative estimate of drug-likeness (QED) is 0.353. The monoisotopic (exact) mass is 416 g/mol. The molecule has 0 fully saturated rings. The third kappa shape index (κ3) is 3.74. The van der Waals surface area contributed by atoms with Gasteiger partial charge in [-0.3, -0.25) is 4.79 Å². The van der Waals surface area contributed by atoms with Gasteiger partial charge in [-0.15, -0.1) is 10.2 Å². The highest BCUT2D eigenvalue weighted by atomic mass is 32.2. The fraction of sp³-hybridized carbons (Fsp3) is 0.400. The van der Waals surface area contributed by atoms with Gasteiger partial charge in [0.05, 0.1) is 35.4 Å². The van der Waals surface area contributed by atoms with Crippen LogP contribution < -0.4 is 0 Å². The number of methoxy groups -OCH3 is 1. The predicted molar refractivity (Wildman–Crippen MR) is 109 cm³/mol. The Morgan fingerprint density at radius 1 is 1.31 bits per heavy atom. The van der Waals surface area contributed by atoms with Gasteiger partial charge in [-0.05, 0) is 46.2 Å². The number of H-pyrrole nitrogens is 1. The number of rotatable bonds is 7. The minimum atomic E-state index is -0.457. The molecular formula is C20H24N4O4S. The number of furan rings is 1. The molecule has 0 aliphatic heterocycles. The van der Waals surface area contributed by atoms with E-state index in [1.165, 1.54) is 18.9 Å². The van der Waals surface area contributed by atoms with Crippen molar-refractivity contribution in [1.82, 2.24) is 19.7 Å². The molecule has 1 atom stereocenters. The predicted octanol–water partition coefficient (Wildman–Crippen LogP) is 3.96. The first-order valence-electron chi connectivity index (χ1n) is 9.26. The summed E-state index contributed by atoms with van der Waals surface area (Å²) in [6, 6.07) is 1.86. The number of nitrogens with one attached hydrogen (secondary N) is 1. The number of carbonyl (C=O) groups excluding carboxylic acids is 2. The highest BCUT2D eigenvalue weighted by Crippen LogP contribution is 2.31. The summed E-state index contributed by atoms with van der Waals surface area (Å²) in [4.78, 5) is 28.1. The first-order chi connectivity index (χ1) is 13.8.